The van der Waals surface area contributed by atoms with Crippen molar-refractivity contribution in [2.24, 2.45) is 5.41 Å². The zero-order valence-corrected chi connectivity index (χ0v) is 9.90. The molecule has 0 N–H and O–H groups in total. The lowest BCUT2D eigenvalue weighted by Gasteiger charge is -2.33. The average molecular weight is 192 g/mol. The van der Waals surface area contributed by atoms with Gasteiger partial charge in [-0.05, 0) is 42.9 Å². The van der Waals surface area contributed by atoms with E-state index in [9.17, 15) is 4.79 Å². The molecule has 0 fully saturated rings. The van der Waals surface area contributed by atoms with Crippen LogP contribution in [-0.4, -0.2) is 5.78 Å². The van der Waals surface area contributed by atoms with Crippen LogP contribution >= 0.6 is 0 Å². The highest BCUT2D eigenvalue weighted by Crippen LogP contribution is 2.41. The van der Waals surface area contributed by atoms with Gasteiger partial charge >= 0.3 is 0 Å². The van der Waals surface area contributed by atoms with E-state index < -0.39 is 0 Å². The van der Waals surface area contributed by atoms with Gasteiger partial charge in [-0.3, -0.25) is 4.79 Å². The maximum atomic E-state index is 11.4. The fourth-order valence-corrected chi connectivity index (χ4v) is 2.51. The maximum Gasteiger partial charge on any atom is 0.156 e. The Balaban J connectivity index is 3.27. The SMILES string of the molecule is CCC(C)=C1C(C)=CC(=O)CC1(C)C. The van der Waals surface area contributed by atoms with E-state index in [1.165, 1.54) is 11.1 Å². The van der Waals surface area contributed by atoms with Crippen LogP contribution in [0.1, 0.15) is 47.5 Å². The van der Waals surface area contributed by atoms with Crippen molar-refractivity contribution in [3.63, 3.8) is 0 Å². The molecule has 1 aliphatic carbocycles. The summed E-state index contributed by atoms with van der Waals surface area (Å²) in [7, 11) is 0. The predicted octanol–water partition coefficient (Wildman–Crippen LogP) is 3.66. The van der Waals surface area contributed by atoms with Crippen molar-refractivity contribution in [1.82, 2.24) is 0 Å². The summed E-state index contributed by atoms with van der Waals surface area (Å²) in [5, 5.41) is 0. The molecule has 0 spiro atoms. The molecule has 0 radical (unpaired) electrons. The topological polar surface area (TPSA) is 17.1 Å². The molecule has 1 aliphatic rings. The first-order valence-electron chi connectivity index (χ1n) is 5.30. The Bertz CT molecular complexity index is 316. The standard InChI is InChI=1S/C13H20O/c1-6-9(2)12-10(3)7-11(14)8-13(12,4)5/h7H,6,8H2,1-5H3. The van der Waals surface area contributed by atoms with Crippen LogP contribution in [0.5, 0.6) is 0 Å². The van der Waals surface area contributed by atoms with Crippen LogP contribution in [0.15, 0.2) is 22.8 Å². The minimum Gasteiger partial charge on any atom is -0.295 e. The van der Waals surface area contributed by atoms with Crippen molar-refractivity contribution in [2.75, 3.05) is 0 Å². The Hall–Kier alpha value is -0.850. The van der Waals surface area contributed by atoms with Gasteiger partial charge in [-0.1, -0.05) is 26.3 Å². The number of allylic oxidation sites excluding steroid dienone is 4. The molecule has 0 heterocycles. The lowest BCUT2D eigenvalue weighted by molar-refractivity contribution is -0.116. The maximum absolute atomic E-state index is 11.4. The van der Waals surface area contributed by atoms with Gasteiger partial charge in [0.25, 0.3) is 0 Å². The van der Waals surface area contributed by atoms with Crippen LogP contribution in [0.2, 0.25) is 0 Å². The molecule has 0 aromatic rings. The summed E-state index contributed by atoms with van der Waals surface area (Å²) in [5.74, 6) is 0.264. The molecule has 0 atom stereocenters. The Morgan fingerprint density at radius 2 is 2.07 bits per heavy atom. The summed E-state index contributed by atoms with van der Waals surface area (Å²) < 4.78 is 0. The van der Waals surface area contributed by atoms with E-state index in [0.29, 0.717) is 6.42 Å². The Kier molecular flexibility index (Phi) is 2.98. The van der Waals surface area contributed by atoms with Gasteiger partial charge in [-0.25, -0.2) is 0 Å². The zero-order chi connectivity index (χ0) is 10.9. The number of ketones is 1. The Morgan fingerprint density at radius 1 is 1.50 bits per heavy atom. The normalized spacial score (nSPS) is 24.6. The molecule has 14 heavy (non-hydrogen) atoms. The van der Waals surface area contributed by atoms with Crippen LogP contribution in [0.4, 0.5) is 0 Å². The fourth-order valence-electron chi connectivity index (χ4n) is 2.51. The molecule has 0 unspecified atom stereocenters. The van der Waals surface area contributed by atoms with Gasteiger partial charge in [0, 0.05) is 6.42 Å². The predicted molar refractivity (Wildman–Crippen MR) is 60.2 cm³/mol. The van der Waals surface area contributed by atoms with Crippen LogP contribution < -0.4 is 0 Å². The van der Waals surface area contributed by atoms with Gasteiger partial charge in [-0.2, -0.15) is 0 Å². The van der Waals surface area contributed by atoms with Gasteiger partial charge in [0.1, 0.15) is 0 Å². The van der Waals surface area contributed by atoms with Gasteiger partial charge < -0.3 is 0 Å². The summed E-state index contributed by atoms with van der Waals surface area (Å²) in [6, 6.07) is 0. The lowest BCUT2D eigenvalue weighted by atomic mass is 9.71. The molecule has 0 saturated heterocycles. The van der Waals surface area contributed by atoms with Crippen molar-refractivity contribution in [3.05, 3.63) is 22.8 Å². The van der Waals surface area contributed by atoms with E-state index in [-0.39, 0.29) is 11.2 Å². The zero-order valence-electron chi connectivity index (χ0n) is 9.90. The third-order valence-corrected chi connectivity index (χ3v) is 3.02. The summed E-state index contributed by atoms with van der Waals surface area (Å²) in [6.45, 7) is 10.7. The van der Waals surface area contributed by atoms with E-state index in [0.717, 1.165) is 12.0 Å². The van der Waals surface area contributed by atoms with Crippen LogP contribution in [0.3, 0.4) is 0 Å². The molecule has 0 aromatic carbocycles. The first-order valence-corrected chi connectivity index (χ1v) is 5.30. The van der Waals surface area contributed by atoms with Crippen molar-refractivity contribution >= 4 is 5.78 Å². The molecule has 0 aliphatic heterocycles. The molecule has 1 rings (SSSR count). The molecule has 78 valence electrons. The first-order chi connectivity index (χ1) is 6.38. The third kappa shape index (κ3) is 1.97. The molecule has 0 amide bonds. The Morgan fingerprint density at radius 3 is 2.50 bits per heavy atom. The number of carbonyl (C=O) groups is 1. The molecule has 1 heteroatoms. The quantitative estimate of drug-likeness (QED) is 0.619. The van der Waals surface area contributed by atoms with Crippen molar-refractivity contribution in [1.29, 1.82) is 0 Å². The lowest BCUT2D eigenvalue weighted by Crippen LogP contribution is -2.25. The minimum atomic E-state index is 0.0238. The number of carbonyl (C=O) groups excluding carboxylic acids is 1. The second-order valence-electron chi connectivity index (χ2n) is 4.86. The van der Waals surface area contributed by atoms with Crippen molar-refractivity contribution in [3.8, 4) is 0 Å². The number of hydrogen-bond donors (Lipinski definition) is 0. The third-order valence-electron chi connectivity index (χ3n) is 3.02. The summed E-state index contributed by atoms with van der Waals surface area (Å²) in [6.07, 6.45) is 3.51. The van der Waals surface area contributed by atoms with Gasteiger partial charge in [0.05, 0.1) is 0 Å². The second-order valence-corrected chi connectivity index (χ2v) is 4.86. The highest BCUT2D eigenvalue weighted by atomic mass is 16.1. The van der Waals surface area contributed by atoms with Crippen LogP contribution in [0.25, 0.3) is 0 Å². The van der Waals surface area contributed by atoms with Crippen molar-refractivity contribution < 1.29 is 4.79 Å². The molecular weight excluding hydrogens is 172 g/mol. The van der Waals surface area contributed by atoms with Gasteiger partial charge in [-0.15, -0.1) is 0 Å². The summed E-state index contributed by atoms with van der Waals surface area (Å²) >= 11 is 0. The van der Waals surface area contributed by atoms with E-state index >= 15 is 0 Å². The highest BCUT2D eigenvalue weighted by Gasteiger charge is 2.31. The second kappa shape index (κ2) is 3.72. The molecule has 0 aromatic heterocycles. The summed E-state index contributed by atoms with van der Waals surface area (Å²) in [5.41, 5.74) is 3.98. The summed E-state index contributed by atoms with van der Waals surface area (Å²) in [4.78, 5) is 11.4. The molecule has 0 bridgehead atoms. The Labute approximate surface area is 86.9 Å². The van der Waals surface area contributed by atoms with Gasteiger partial charge in [0.2, 0.25) is 0 Å². The average Bonchev–Trinajstić information content (AvgIpc) is 1.99. The van der Waals surface area contributed by atoms with E-state index in [2.05, 4.69) is 27.7 Å². The van der Waals surface area contributed by atoms with Crippen molar-refractivity contribution in [2.45, 2.75) is 47.5 Å². The van der Waals surface area contributed by atoms with E-state index in [1.54, 1.807) is 6.08 Å². The number of hydrogen-bond acceptors (Lipinski definition) is 1. The van der Waals surface area contributed by atoms with Crippen LogP contribution in [0, 0.1) is 5.41 Å². The smallest absolute Gasteiger partial charge is 0.156 e. The molecule has 0 saturated carbocycles. The minimum absolute atomic E-state index is 0.0238. The monoisotopic (exact) mass is 192 g/mol. The van der Waals surface area contributed by atoms with Crippen LogP contribution in [-0.2, 0) is 4.79 Å². The van der Waals surface area contributed by atoms with E-state index in [4.69, 9.17) is 0 Å². The number of rotatable bonds is 1. The largest absolute Gasteiger partial charge is 0.295 e. The fraction of sp³-hybridized carbons (Fsp3) is 0.615. The first kappa shape index (κ1) is 11.2. The molecular formula is C13H20O. The van der Waals surface area contributed by atoms with E-state index in [1.807, 2.05) is 6.92 Å². The highest BCUT2D eigenvalue weighted by molar-refractivity contribution is 5.93. The molecule has 1 nitrogen and oxygen atoms in total. The van der Waals surface area contributed by atoms with Gasteiger partial charge in [0.15, 0.2) is 5.78 Å².